The fourth-order valence-corrected chi connectivity index (χ4v) is 5.45. The number of phenolic OH excluding ortho intramolecular Hbond substituents is 1. The number of phenols is 1. The lowest BCUT2D eigenvalue weighted by molar-refractivity contribution is -0.142. The number of hydrogen-bond donors (Lipinski definition) is 4. The van der Waals surface area contributed by atoms with Crippen molar-refractivity contribution in [3.63, 3.8) is 0 Å². The molecule has 0 spiro atoms. The number of guanidine groups is 1. The van der Waals surface area contributed by atoms with Crippen LogP contribution in [0.3, 0.4) is 0 Å². The molecule has 1 aliphatic heterocycles. The summed E-state index contributed by atoms with van der Waals surface area (Å²) in [7, 11) is 1.25. The number of ether oxygens (including phenoxy) is 1. The van der Waals surface area contributed by atoms with Gasteiger partial charge in [-0.2, -0.15) is 0 Å². The Morgan fingerprint density at radius 2 is 1.84 bits per heavy atom. The van der Waals surface area contributed by atoms with Gasteiger partial charge in [-0.05, 0) is 75.0 Å². The number of anilines is 1. The van der Waals surface area contributed by atoms with E-state index in [-0.39, 0.29) is 27.8 Å². The summed E-state index contributed by atoms with van der Waals surface area (Å²) in [5, 5.41) is 19.2. The number of carbonyl (C=O) groups excluding carboxylic acids is 2. The Morgan fingerprint density at radius 3 is 2.38 bits per heavy atom. The summed E-state index contributed by atoms with van der Waals surface area (Å²) < 4.78 is 6.14. The van der Waals surface area contributed by atoms with Gasteiger partial charge in [0.2, 0.25) is 0 Å². The maximum atomic E-state index is 12.9. The van der Waals surface area contributed by atoms with Crippen molar-refractivity contribution in [3.8, 4) is 5.75 Å². The van der Waals surface area contributed by atoms with E-state index in [1.54, 1.807) is 12.1 Å². The number of nitrogens with zero attached hydrogens (tertiary/aromatic N) is 1. The van der Waals surface area contributed by atoms with Crippen molar-refractivity contribution < 1.29 is 19.4 Å². The largest absolute Gasteiger partial charge is 0.506 e. The molecule has 0 saturated heterocycles. The van der Waals surface area contributed by atoms with E-state index in [1.807, 2.05) is 45.2 Å². The van der Waals surface area contributed by atoms with E-state index in [1.165, 1.54) is 19.2 Å². The quantitative estimate of drug-likeness (QED) is 0.270. The van der Waals surface area contributed by atoms with E-state index in [0.29, 0.717) is 31.9 Å². The molecule has 32 heavy (non-hydrogen) atoms. The van der Waals surface area contributed by atoms with E-state index < -0.39 is 17.9 Å². The molecule has 1 heterocycles. The highest BCUT2D eigenvalue weighted by atomic mass is 127. The van der Waals surface area contributed by atoms with Gasteiger partial charge in [0, 0.05) is 18.5 Å². The van der Waals surface area contributed by atoms with Gasteiger partial charge in [0.1, 0.15) is 11.8 Å². The molecule has 0 aliphatic carbocycles. The van der Waals surface area contributed by atoms with Crippen LogP contribution in [0.5, 0.6) is 5.75 Å². The van der Waals surface area contributed by atoms with E-state index in [9.17, 15) is 14.7 Å². The number of benzene rings is 2. The summed E-state index contributed by atoms with van der Waals surface area (Å²) in [5.41, 5.74) is 1.37. The molecule has 4 N–H and O–H groups in total. The zero-order valence-electron chi connectivity index (χ0n) is 16.6. The first-order chi connectivity index (χ1) is 15.2. The average Bonchev–Trinajstić information content (AvgIpc) is 3.26. The van der Waals surface area contributed by atoms with E-state index in [4.69, 9.17) is 27.9 Å². The molecule has 170 valence electrons. The smallest absolute Gasteiger partial charge is 0.328 e. The number of amides is 1. The van der Waals surface area contributed by atoms with Gasteiger partial charge < -0.3 is 25.8 Å². The van der Waals surface area contributed by atoms with Crippen LogP contribution in [0.15, 0.2) is 29.3 Å². The van der Waals surface area contributed by atoms with Gasteiger partial charge >= 0.3 is 5.97 Å². The maximum Gasteiger partial charge on any atom is 0.328 e. The van der Waals surface area contributed by atoms with Gasteiger partial charge in [-0.25, -0.2) is 4.79 Å². The highest BCUT2D eigenvalue weighted by molar-refractivity contribution is 14.1. The zero-order chi connectivity index (χ0) is 23.4. The van der Waals surface area contributed by atoms with Crippen LogP contribution in [0.1, 0.15) is 15.9 Å². The van der Waals surface area contributed by atoms with Crippen molar-refractivity contribution in [1.29, 1.82) is 0 Å². The Balaban J connectivity index is 1.79. The van der Waals surface area contributed by atoms with Crippen LogP contribution in [0, 0.1) is 7.14 Å². The molecular weight excluding hydrogens is 685 g/mol. The predicted octanol–water partition coefficient (Wildman–Crippen LogP) is 3.79. The van der Waals surface area contributed by atoms with Crippen molar-refractivity contribution in [2.45, 2.75) is 12.5 Å². The summed E-state index contributed by atoms with van der Waals surface area (Å²) in [5.74, 6) is -0.409. The summed E-state index contributed by atoms with van der Waals surface area (Å²) in [6.45, 7) is 1.36. The molecule has 8 nitrogen and oxygen atoms in total. The van der Waals surface area contributed by atoms with Crippen LogP contribution >= 0.6 is 68.4 Å². The standard InChI is InChI=1S/C20H18Cl2I2N4O4/c1-32-19(31)15(6-9-4-13(23)17(29)14(24)5-9)27-18(30)10-7-11(21)16(12(22)8-10)28-20-25-2-3-26-20/h4-5,7-8,15,29H,2-3,6H2,1H3,(H,27,30)(H2,25,26,28)/t15-/m0/s1. The summed E-state index contributed by atoms with van der Waals surface area (Å²) in [6.07, 6.45) is 0.178. The lowest BCUT2D eigenvalue weighted by atomic mass is 10.0. The second kappa shape index (κ2) is 11.1. The summed E-state index contributed by atoms with van der Waals surface area (Å²) in [6, 6.07) is 5.46. The number of hydrogen-bond acceptors (Lipinski definition) is 7. The zero-order valence-corrected chi connectivity index (χ0v) is 22.5. The third-order valence-corrected chi connectivity index (χ3v) is 6.77. The number of aromatic hydroxyl groups is 1. The van der Waals surface area contributed by atoms with Gasteiger partial charge in [0.05, 0.1) is 36.5 Å². The average molecular weight is 703 g/mol. The van der Waals surface area contributed by atoms with Crippen molar-refractivity contribution >= 4 is 91.9 Å². The molecule has 1 amide bonds. The minimum absolute atomic E-state index is 0.172. The third kappa shape index (κ3) is 6.08. The molecule has 0 radical (unpaired) electrons. The molecule has 2 aromatic rings. The van der Waals surface area contributed by atoms with Gasteiger partial charge in [-0.15, -0.1) is 0 Å². The lowest BCUT2D eigenvalue weighted by Crippen LogP contribution is -2.43. The molecule has 0 fully saturated rings. The van der Waals surface area contributed by atoms with Crippen molar-refractivity contribution in [3.05, 3.63) is 52.6 Å². The Morgan fingerprint density at radius 1 is 1.22 bits per heavy atom. The first kappa shape index (κ1) is 25.1. The number of halogens is 4. The van der Waals surface area contributed by atoms with Gasteiger partial charge in [-0.1, -0.05) is 23.2 Å². The molecule has 3 rings (SSSR count). The Kier molecular flexibility index (Phi) is 8.69. The highest BCUT2D eigenvalue weighted by Gasteiger charge is 2.24. The molecule has 0 aromatic heterocycles. The number of methoxy groups -OCH3 is 1. The molecular formula is C20H18Cl2I2N4O4. The van der Waals surface area contributed by atoms with Crippen LogP contribution in [0.2, 0.25) is 10.0 Å². The number of rotatable bonds is 6. The highest BCUT2D eigenvalue weighted by Crippen LogP contribution is 2.32. The molecule has 1 atom stereocenters. The van der Waals surface area contributed by atoms with Gasteiger partial charge in [0.25, 0.3) is 5.91 Å². The van der Waals surface area contributed by atoms with E-state index in [0.717, 1.165) is 5.56 Å². The monoisotopic (exact) mass is 702 g/mol. The molecule has 12 heteroatoms. The Hall–Kier alpha value is -1.51. The fraction of sp³-hybridized carbons (Fsp3) is 0.250. The fourth-order valence-electron chi connectivity index (χ4n) is 2.97. The van der Waals surface area contributed by atoms with Gasteiger partial charge in [-0.3, -0.25) is 9.79 Å². The lowest BCUT2D eigenvalue weighted by Gasteiger charge is -2.18. The summed E-state index contributed by atoms with van der Waals surface area (Å²) in [4.78, 5) is 29.4. The van der Waals surface area contributed by atoms with E-state index >= 15 is 0 Å². The minimum Gasteiger partial charge on any atom is -0.506 e. The molecule has 1 aliphatic rings. The van der Waals surface area contributed by atoms with Crippen LogP contribution in [0.25, 0.3) is 0 Å². The van der Waals surface area contributed by atoms with Crippen LogP contribution in [-0.4, -0.2) is 49.2 Å². The summed E-state index contributed by atoms with van der Waals surface area (Å²) >= 11 is 16.7. The molecule has 0 saturated carbocycles. The van der Waals surface area contributed by atoms with Gasteiger partial charge in [0.15, 0.2) is 5.96 Å². The topological polar surface area (TPSA) is 112 Å². The predicted molar refractivity (Wildman–Crippen MR) is 141 cm³/mol. The Bertz CT molecular complexity index is 1050. The normalized spacial score (nSPS) is 13.7. The maximum absolute atomic E-state index is 12.9. The number of carbonyl (C=O) groups is 2. The molecule has 2 aromatic carbocycles. The van der Waals surface area contributed by atoms with Crippen LogP contribution in [-0.2, 0) is 16.0 Å². The second-order valence-electron chi connectivity index (χ2n) is 6.76. The first-order valence-electron chi connectivity index (χ1n) is 9.29. The minimum atomic E-state index is -0.948. The van der Waals surface area contributed by atoms with Crippen molar-refractivity contribution in [2.24, 2.45) is 4.99 Å². The van der Waals surface area contributed by atoms with E-state index in [2.05, 4.69) is 20.9 Å². The second-order valence-corrected chi connectivity index (χ2v) is 9.90. The molecule has 0 bridgehead atoms. The number of esters is 1. The van der Waals surface area contributed by atoms with Crippen LogP contribution < -0.4 is 16.0 Å². The first-order valence-corrected chi connectivity index (χ1v) is 12.2. The van der Waals surface area contributed by atoms with Crippen molar-refractivity contribution in [1.82, 2.24) is 10.6 Å². The number of aliphatic imine (C=N–C) groups is 1. The SMILES string of the molecule is COC(=O)[C@H](Cc1cc(I)c(O)c(I)c1)NC(=O)c1cc(Cl)c(NC2=NCCN2)c(Cl)c1. The third-order valence-electron chi connectivity index (χ3n) is 4.53. The number of nitrogens with one attached hydrogen (secondary N) is 3. The van der Waals surface area contributed by atoms with Crippen LogP contribution in [0.4, 0.5) is 5.69 Å². The Labute approximate surface area is 221 Å². The van der Waals surface area contributed by atoms with Crippen molar-refractivity contribution in [2.75, 3.05) is 25.5 Å². The molecule has 0 unspecified atom stereocenters.